The molecule has 124 valence electrons. The lowest BCUT2D eigenvalue weighted by atomic mass is 10.1. The molecule has 0 aromatic heterocycles. The molecule has 0 aliphatic rings. The number of carbonyl (C=O) groups excluding carboxylic acids is 1. The molecular formula is C17H28O4Si. The predicted octanol–water partition coefficient (Wildman–Crippen LogP) is 3.89. The number of hydrogen-bond donors (Lipinski definition) is 1. The SMILES string of the molecule is CCOC(=O)C(Cc1ccccc1O)O[Si](C)(C)C(C)(C)C. The van der Waals surface area contributed by atoms with Crippen LogP contribution in [0.5, 0.6) is 5.75 Å². The molecule has 0 fully saturated rings. The van der Waals surface area contributed by atoms with Crippen molar-refractivity contribution >= 4 is 14.3 Å². The van der Waals surface area contributed by atoms with Gasteiger partial charge in [-0.25, -0.2) is 4.79 Å². The molecule has 1 rings (SSSR count). The van der Waals surface area contributed by atoms with Crippen LogP contribution in [-0.2, 0) is 20.4 Å². The second-order valence-corrected chi connectivity index (χ2v) is 11.7. The van der Waals surface area contributed by atoms with Crippen LogP contribution >= 0.6 is 0 Å². The third kappa shape index (κ3) is 4.85. The van der Waals surface area contributed by atoms with Crippen LogP contribution in [0.25, 0.3) is 0 Å². The van der Waals surface area contributed by atoms with E-state index in [4.69, 9.17) is 9.16 Å². The number of phenolic OH excluding ortho intramolecular Hbond substituents is 1. The van der Waals surface area contributed by atoms with Gasteiger partial charge in [-0.15, -0.1) is 0 Å². The summed E-state index contributed by atoms with van der Waals surface area (Å²) in [4.78, 5) is 12.3. The van der Waals surface area contributed by atoms with E-state index in [-0.39, 0.29) is 16.8 Å². The molecule has 1 N–H and O–H groups in total. The highest BCUT2D eigenvalue weighted by atomic mass is 28.4. The zero-order valence-electron chi connectivity index (χ0n) is 14.5. The van der Waals surface area contributed by atoms with Crippen molar-refractivity contribution in [2.75, 3.05) is 6.61 Å². The molecule has 1 aromatic rings. The summed E-state index contributed by atoms with van der Waals surface area (Å²) < 4.78 is 11.4. The van der Waals surface area contributed by atoms with E-state index < -0.39 is 14.4 Å². The molecule has 1 unspecified atom stereocenters. The molecule has 0 saturated carbocycles. The highest BCUT2D eigenvalue weighted by Gasteiger charge is 2.41. The van der Waals surface area contributed by atoms with Gasteiger partial charge in [-0.05, 0) is 36.7 Å². The average Bonchev–Trinajstić information content (AvgIpc) is 2.39. The molecule has 0 heterocycles. The van der Waals surface area contributed by atoms with Gasteiger partial charge in [-0.2, -0.15) is 0 Å². The largest absolute Gasteiger partial charge is 0.508 e. The van der Waals surface area contributed by atoms with Crippen LogP contribution in [0, 0.1) is 0 Å². The van der Waals surface area contributed by atoms with E-state index in [1.54, 1.807) is 25.1 Å². The summed E-state index contributed by atoms with van der Waals surface area (Å²) in [5.41, 5.74) is 0.694. The minimum absolute atomic E-state index is 0.00349. The fraction of sp³-hybridized carbons (Fsp3) is 0.588. The molecule has 5 heteroatoms. The van der Waals surface area contributed by atoms with Crippen LogP contribution in [0.15, 0.2) is 24.3 Å². The van der Waals surface area contributed by atoms with E-state index in [1.807, 2.05) is 6.07 Å². The Morgan fingerprint density at radius 2 is 1.86 bits per heavy atom. The Balaban J connectivity index is 2.99. The minimum Gasteiger partial charge on any atom is -0.508 e. The molecule has 0 bridgehead atoms. The number of hydrogen-bond acceptors (Lipinski definition) is 4. The van der Waals surface area contributed by atoms with Crippen LogP contribution in [-0.4, -0.2) is 32.1 Å². The Kier molecular flexibility index (Phi) is 6.20. The summed E-state index contributed by atoms with van der Waals surface area (Å²) in [5, 5.41) is 9.93. The molecule has 0 aliphatic heterocycles. The first-order valence-corrected chi connectivity index (χ1v) is 10.6. The number of benzene rings is 1. The van der Waals surface area contributed by atoms with E-state index in [0.717, 1.165) is 0 Å². The number of esters is 1. The van der Waals surface area contributed by atoms with Gasteiger partial charge in [0, 0.05) is 6.42 Å². The molecule has 22 heavy (non-hydrogen) atoms. The number of para-hydroxylation sites is 1. The van der Waals surface area contributed by atoms with Crippen molar-refractivity contribution in [2.45, 2.75) is 58.4 Å². The van der Waals surface area contributed by atoms with Crippen molar-refractivity contribution in [1.82, 2.24) is 0 Å². The maximum Gasteiger partial charge on any atom is 0.334 e. The second kappa shape index (κ2) is 7.29. The van der Waals surface area contributed by atoms with E-state index in [1.165, 1.54) is 0 Å². The van der Waals surface area contributed by atoms with Crippen molar-refractivity contribution in [1.29, 1.82) is 0 Å². The van der Waals surface area contributed by atoms with Gasteiger partial charge >= 0.3 is 5.97 Å². The van der Waals surface area contributed by atoms with E-state index in [2.05, 4.69) is 33.9 Å². The molecule has 1 atom stereocenters. The average molecular weight is 324 g/mol. The zero-order valence-corrected chi connectivity index (χ0v) is 15.5. The Hall–Kier alpha value is -1.33. The van der Waals surface area contributed by atoms with Gasteiger partial charge < -0.3 is 14.3 Å². The third-order valence-electron chi connectivity index (χ3n) is 4.19. The molecular weight excluding hydrogens is 296 g/mol. The van der Waals surface area contributed by atoms with Gasteiger partial charge in [0.05, 0.1) is 6.61 Å². The Labute approximate surface area is 134 Å². The maximum absolute atomic E-state index is 12.3. The van der Waals surface area contributed by atoms with Gasteiger partial charge in [0.25, 0.3) is 0 Å². The van der Waals surface area contributed by atoms with E-state index in [0.29, 0.717) is 18.6 Å². The van der Waals surface area contributed by atoms with Gasteiger partial charge in [0.15, 0.2) is 8.32 Å². The van der Waals surface area contributed by atoms with Crippen LogP contribution in [0.1, 0.15) is 33.3 Å². The summed E-state index contributed by atoms with van der Waals surface area (Å²) in [5.74, 6) is -0.189. The lowest BCUT2D eigenvalue weighted by Crippen LogP contribution is -2.47. The normalized spacial score (nSPS) is 13.7. The first-order valence-electron chi connectivity index (χ1n) is 7.70. The lowest BCUT2D eigenvalue weighted by Gasteiger charge is -2.38. The summed E-state index contributed by atoms with van der Waals surface area (Å²) in [6.07, 6.45) is -0.369. The van der Waals surface area contributed by atoms with Gasteiger partial charge in [0.1, 0.15) is 11.9 Å². The minimum atomic E-state index is -2.11. The van der Waals surface area contributed by atoms with Crippen LogP contribution in [0.2, 0.25) is 18.1 Å². The highest BCUT2D eigenvalue weighted by Crippen LogP contribution is 2.38. The number of phenols is 1. The monoisotopic (exact) mass is 324 g/mol. The van der Waals surface area contributed by atoms with Crippen molar-refractivity contribution in [3.63, 3.8) is 0 Å². The first-order chi connectivity index (χ1) is 10.1. The quantitative estimate of drug-likeness (QED) is 0.637. The van der Waals surface area contributed by atoms with Gasteiger partial charge in [-0.3, -0.25) is 0 Å². The van der Waals surface area contributed by atoms with Crippen molar-refractivity contribution in [2.24, 2.45) is 0 Å². The lowest BCUT2D eigenvalue weighted by molar-refractivity contribution is -0.152. The Bertz CT molecular complexity index is 506. The number of carbonyl (C=O) groups is 1. The van der Waals surface area contributed by atoms with Crippen molar-refractivity contribution in [3.05, 3.63) is 29.8 Å². The molecule has 0 saturated heterocycles. The molecule has 0 aliphatic carbocycles. The van der Waals surface area contributed by atoms with Crippen LogP contribution in [0.4, 0.5) is 0 Å². The fourth-order valence-corrected chi connectivity index (χ4v) is 3.07. The van der Waals surface area contributed by atoms with E-state index in [9.17, 15) is 9.90 Å². The van der Waals surface area contributed by atoms with E-state index >= 15 is 0 Å². The van der Waals surface area contributed by atoms with Gasteiger partial charge in [-0.1, -0.05) is 39.0 Å². The third-order valence-corrected chi connectivity index (χ3v) is 8.68. The zero-order chi connectivity index (χ0) is 17.0. The molecule has 0 spiro atoms. The highest BCUT2D eigenvalue weighted by molar-refractivity contribution is 6.74. The fourth-order valence-electron chi connectivity index (χ4n) is 1.82. The van der Waals surface area contributed by atoms with Crippen LogP contribution < -0.4 is 0 Å². The summed E-state index contributed by atoms with van der Waals surface area (Å²) in [6, 6.07) is 7.01. The maximum atomic E-state index is 12.3. The second-order valence-electron chi connectivity index (χ2n) is 6.95. The molecule has 4 nitrogen and oxygen atoms in total. The molecule has 1 aromatic carbocycles. The van der Waals surface area contributed by atoms with Gasteiger partial charge in [0.2, 0.25) is 0 Å². The summed E-state index contributed by atoms with van der Waals surface area (Å²) >= 11 is 0. The molecule has 0 amide bonds. The summed E-state index contributed by atoms with van der Waals surface area (Å²) in [7, 11) is -2.11. The number of aromatic hydroxyl groups is 1. The Morgan fingerprint density at radius 1 is 1.27 bits per heavy atom. The summed E-state index contributed by atoms with van der Waals surface area (Å²) in [6.45, 7) is 12.7. The number of rotatable bonds is 6. The predicted molar refractivity (Wildman–Crippen MR) is 90.5 cm³/mol. The van der Waals surface area contributed by atoms with Crippen molar-refractivity contribution < 1.29 is 19.1 Å². The van der Waals surface area contributed by atoms with Crippen molar-refractivity contribution in [3.8, 4) is 5.75 Å². The topological polar surface area (TPSA) is 55.8 Å². The first kappa shape index (κ1) is 18.7. The van der Waals surface area contributed by atoms with Crippen LogP contribution in [0.3, 0.4) is 0 Å². The Morgan fingerprint density at radius 3 is 2.36 bits per heavy atom. The smallest absolute Gasteiger partial charge is 0.334 e. The number of ether oxygens (including phenoxy) is 1. The standard InChI is InChI=1S/C17H28O4Si/c1-7-20-16(19)15(21-22(5,6)17(2,3)4)12-13-10-8-9-11-14(13)18/h8-11,15,18H,7,12H2,1-6H3. The molecule has 0 radical (unpaired) electrons.